The lowest BCUT2D eigenvalue weighted by Crippen LogP contribution is -2.20. The Balaban J connectivity index is 1.81. The summed E-state index contributed by atoms with van der Waals surface area (Å²) < 4.78 is 5.35. The molecule has 0 saturated heterocycles. The van der Waals surface area contributed by atoms with Gasteiger partial charge in [0.2, 0.25) is 5.13 Å². The average molecular weight is 326 g/mol. The van der Waals surface area contributed by atoms with Crippen LogP contribution in [-0.4, -0.2) is 22.7 Å². The van der Waals surface area contributed by atoms with Crippen LogP contribution in [0.2, 0.25) is 5.02 Å². The number of hydrogen-bond donors (Lipinski definition) is 1. The monoisotopic (exact) mass is 325 g/mol. The summed E-state index contributed by atoms with van der Waals surface area (Å²) in [5, 5.41) is 12.7. The highest BCUT2D eigenvalue weighted by Crippen LogP contribution is 2.18. The predicted octanol–water partition coefficient (Wildman–Crippen LogP) is 3.41. The van der Waals surface area contributed by atoms with E-state index in [0.717, 1.165) is 11.4 Å². The number of hydrogen-bond acceptors (Lipinski definition) is 5. The highest BCUT2D eigenvalue weighted by molar-refractivity contribution is 7.15. The number of benzene rings is 1. The van der Waals surface area contributed by atoms with Gasteiger partial charge in [-0.3, -0.25) is 10.1 Å². The molecule has 0 saturated carbocycles. The van der Waals surface area contributed by atoms with Gasteiger partial charge in [0.25, 0.3) is 5.91 Å². The molecule has 21 heavy (non-hydrogen) atoms. The Morgan fingerprint density at radius 3 is 2.71 bits per heavy atom. The van der Waals surface area contributed by atoms with Crippen LogP contribution >= 0.6 is 22.9 Å². The van der Waals surface area contributed by atoms with Crippen molar-refractivity contribution in [2.75, 3.05) is 11.9 Å². The summed E-state index contributed by atoms with van der Waals surface area (Å²) in [5.74, 6) is 0.833. The Bertz CT molecular complexity index is 599. The molecule has 1 amide bonds. The van der Waals surface area contributed by atoms with Crippen molar-refractivity contribution in [1.29, 1.82) is 0 Å². The van der Waals surface area contributed by atoms with E-state index in [4.69, 9.17) is 16.3 Å². The second-order valence-electron chi connectivity index (χ2n) is 4.89. The Morgan fingerprint density at radius 1 is 1.33 bits per heavy atom. The molecule has 1 aromatic heterocycles. The van der Waals surface area contributed by atoms with E-state index >= 15 is 0 Å². The van der Waals surface area contributed by atoms with E-state index in [9.17, 15) is 4.79 Å². The standard InChI is InChI=1S/C14H16ClN3O2S/c1-9(2)7-13-17-18-14(21-13)16-12(19)8-20-11-5-3-10(15)4-6-11/h3-6,9H,7-8H2,1-2H3,(H,16,18,19). The minimum atomic E-state index is -0.266. The van der Waals surface area contributed by atoms with Gasteiger partial charge < -0.3 is 4.74 Å². The first-order valence-electron chi connectivity index (χ1n) is 6.53. The summed E-state index contributed by atoms with van der Waals surface area (Å²) in [4.78, 5) is 11.8. The number of amides is 1. The fourth-order valence-electron chi connectivity index (χ4n) is 1.57. The number of carbonyl (C=O) groups excluding carboxylic acids is 1. The zero-order chi connectivity index (χ0) is 15.2. The van der Waals surface area contributed by atoms with Gasteiger partial charge in [0.1, 0.15) is 10.8 Å². The van der Waals surface area contributed by atoms with E-state index in [1.165, 1.54) is 11.3 Å². The van der Waals surface area contributed by atoms with Crippen molar-refractivity contribution in [2.24, 2.45) is 5.92 Å². The number of nitrogens with zero attached hydrogens (tertiary/aromatic N) is 2. The maximum absolute atomic E-state index is 11.8. The van der Waals surface area contributed by atoms with Crippen molar-refractivity contribution in [3.8, 4) is 5.75 Å². The lowest BCUT2D eigenvalue weighted by molar-refractivity contribution is -0.118. The second kappa shape index (κ2) is 7.38. The van der Waals surface area contributed by atoms with Crippen LogP contribution in [0.15, 0.2) is 24.3 Å². The Labute approximate surface area is 132 Å². The topological polar surface area (TPSA) is 64.1 Å². The van der Waals surface area contributed by atoms with Crippen molar-refractivity contribution in [3.05, 3.63) is 34.3 Å². The Hall–Kier alpha value is -1.66. The van der Waals surface area contributed by atoms with E-state index in [0.29, 0.717) is 21.8 Å². The molecule has 0 aliphatic rings. The number of carbonyl (C=O) groups is 1. The van der Waals surface area contributed by atoms with Crippen LogP contribution in [0, 0.1) is 5.92 Å². The molecule has 0 spiro atoms. The lowest BCUT2D eigenvalue weighted by Gasteiger charge is -2.05. The molecule has 2 aromatic rings. The number of rotatable bonds is 6. The van der Waals surface area contributed by atoms with Gasteiger partial charge >= 0.3 is 0 Å². The molecule has 0 aliphatic heterocycles. The van der Waals surface area contributed by atoms with E-state index in [2.05, 4.69) is 29.4 Å². The van der Waals surface area contributed by atoms with E-state index in [-0.39, 0.29) is 12.5 Å². The first-order chi connectivity index (χ1) is 10.0. The smallest absolute Gasteiger partial charge is 0.264 e. The Kier molecular flexibility index (Phi) is 5.52. The summed E-state index contributed by atoms with van der Waals surface area (Å²) in [7, 11) is 0. The first-order valence-corrected chi connectivity index (χ1v) is 7.73. The van der Waals surface area contributed by atoms with Crippen LogP contribution in [-0.2, 0) is 11.2 Å². The minimum Gasteiger partial charge on any atom is -0.484 e. The fraction of sp³-hybridized carbons (Fsp3) is 0.357. The molecule has 1 heterocycles. The van der Waals surface area contributed by atoms with E-state index in [1.807, 2.05) is 0 Å². The molecule has 7 heteroatoms. The van der Waals surface area contributed by atoms with Gasteiger partial charge in [-0.25, -0.2) is 0 Å². The van der Waals surface area contributed by atoms with Gasteiger partial charge in [-0.2, -0.15) is 0 Å². The maximum atomic E-state index is 11.8. The molecule has 2 rings (SSSR count). The highest BCUT2D eigenvalue weighted by atomic mass is 35.5. The van der Waals surface area contributed by atoms with Crippen molar-refractivity contribution in [1.82, 2.24) is 10.2 Å². The third-order valence-electron chi connectivity index (χ3n) is 2.48. The molecule has 0 fully saturated rings. The summed E-state index contributed by atoms with van der Waals surface area (Å²) >= 11 is 7.16. The number of halogens is 1. The molecule has 5 nitrogen and oxygen atoms in total. The molecule has 0 unspecified atom stereocenters. The predicted molar refractivity (Wildman–Crippen MR) is 84.0 cm³/mol. The zero-order valence-corrected chi connectivity index (χ0v) is 13.4. The number of anilines is 1. The lowest BCUT2D eigenvalue weighted by atomic mass is 10.1. The van der Waals surface area contributed by atoms with Crippen LogP contribution in [0.25, 0.3) is 0 Å². The van der Waals surface area contributed by atoms with Crippen LogP contribution < -0.4 is 10.1 Å². The van der Waals surface area contributed by atoms with E-state index in [1.54, 1.807) is 24.3 Å². The van der Waals surface area contributed by atoms with Gasteiger partial charge in [-0.1, -0.05) is 36.8 Å². The number of aromatic nitrogens is 2. The molecule has 0 bridgehead atoms. The molecule has 1 N–H and O–H groups in total. The third kappa shape index (κ3) is 5.32. The molecule has 112 valence electrons. The Morgan fingerprint density at radius 2 is 2.05 bits per heavy atom. The molecule has 0 atom stereocenters. The summed E-state index contributed by atoms with van der Waals surface area (Å²) in [5.41, 5.74) is 0. The molecule has 0 radical (unpaired) electrons. The highest BCUT2D eigenvalue weighted by Gasteiger charge is 2.10. The average Bonchev–Trinajstić information content (AvgIpc) is 2.84. The fourth-order valence-corrected chi connectivity index (χ4v) is 2.66. The first kappa shape index (κ1) is 15.7. The molecule has 0 aliphatic carbocycles. The molecule has 1 aromatic carbocycles. The van der Waals surface area contributed by atoms with Gasteiger partial charge in [-0.05, 0) is 30.2 Å². The summed E-state index contributed by atoms with van der Waals surface area (Å²) in [6.45, 7) is 4.14. The normalized spacial score (nSPS) is 10.7. The van der Waals surface area contributed by atoms with Crippen LogP contribution in [0.4, 0.5) is 5.13 Å². The zero-order valence-electron chi connectivity index (χ0n) is 11.8. The molecular formula is C14H16ClN3O2S. The summed E-state index contributed by atoms with van der Waals surface area (Å²) in [6.07, 6.45) is 0.856. The van der Waals surface area contributed by atoms with Crippen molar-refractivity contribution < 1.29 is 9.53 Å². The van der Waals surface area contributed by atoms with Gasteiger partial charge in [-0.15, -0.1) is 10.2 Å². The van der Waals surface area contributed by atoms with Gasteiger partial charge in [0.05, 0.1) is 0 Å². The molecular weight excluding hydrogens is 310 g/mol. The van der Waals surface area contributed by atoms with Crippen molar-refractivity contribution in [2.45, 2.75) is 20.3 Å². The third-order valence-corrected chi connectivity index (χ3v) is 3.59. The van der Waals surface area contributed by atoms with Crippen LogP contribution in [0.3, 0.4) is 0 Å². The number of nitrogens with one attached hydrogen (secondary N) is 1. The summed E-state index contributed by atoms with van der Waals surface area (Å²) in [6, 6.07) is 6.83. The van der Waals surface area contributed by atoms with Crippen molar-refractivity contribution >= 4 is 34.0 Å². The van der Waals surface area contributed by atoms with Crippen LogP contribution in [0.5, 0.6) is 5.75 Å². The maximum Gasteiger partial charge on any atom is 0.264 e. The van der Waals surface area contributed by atoms with Crippen LogP contribution in [0.1, 0.15) is 18.9 Å². The van der Waals surface area contributed by atoms with E-state index < -0.39 is 0 Å². The van der Waals surface area contributed by atoms with Crippen molar-refractivity contribution in [3.63, 3.8) is 0 Å². The largest absolute Gasteiger partial charge is 0.484 e. The second-order valence-corrected chi connectivity index (χ2v) is 6.39. The van der Waals surface area contributed by atoms with Gasteiger partial charge in [0, 0.05) is 11.4 Å². The SMILES string of the molecule is CC(C)Cc1nnc(NC(=O)COc2ccc(Cl)cc2)s1. The number of ether oxygens (including phenoxy) is 1. The minimum absolute atomic E-state index is 0.0826. The van der Waals surface area contributed by atoms with Gasteiger partial charge in [0.15, 0.2) is 6.61 Å². The quantitative estimate of drug-likeness (QED) is 0.884.